The van der Waals surface area contributed by atoms with Crippen molar-refractivity contribution in [1.29, 1.82) is 0 Å². The highest BCUT2D eigenvalue weighted by Gasteiger charge is 2.24. The lowest BCUT2D eigenvalue weighted by Gasteiger charge is -2.05. The van der Waals surface area contributed by atoms with Crippen LogP contribution in [0.3, 0.4) is 0 Å². The van der Waals surface area contributed by atoms with Gasteiger partial charge in [0.15, 0.2) is 5.65 Å². The highest BCUT2D eigenvalue weighted by Crippen LogP contribution is 2.29. The third kappa shape index (κ3) is 4.35. The molecular formula is C26H19ClN6O3. The van der Waals surface area contributed by atoms with Gasteiger partial charge in [-0.05, 0) is 54.1 Å². The lowest BCUT2D eigenvalue weighted by Crippen LogP contribution is -2.14. The number of esters is 1. The molecule has 10 heteroatoms. The molecule has 5 aromatic rings. The fourth-order valence-corrected chi connectivity index (χ4v) is 3.79. The molecule has 0 saturated heterocycles. The number of aromatic nitrogens is 3. The summed E-state index contributed by atoms with van der Waals surface area (Å²) in [6.07, 6.45) is 1.55. The maximum Gasteiger partial charge on any atom is 0.337 e. The summed E-state index contributed by atoms with van der Waals surface area (Å²) < 4.78 is 6.10. The van der Waals surface area contributed by atoms with Gasteiger partial charge in [0.1, 0.15) is 16.9 Å². The third-order valence-corrected chi connectivity index (χ3v) is 5.71. The molecule has 0 bridgehead atoms. The summed E-state index contributed by atoms with van der Waals surface area (Å²) in [6.45, 7) is 0. The minimum atomic E-state index is -0.458. The number of nitrogens with zero attached hydrogens (tertiary/aromatic N) is 4. The molecule has 3 N–H and O–H groups in total. The number of nitrogens with two attached hydrogens (primary N) is 1. The van der Waals surface area contributed by atoms with Crippen molar-refractivity contribution in [2.75, 3.05) is 18.2 Å². The normalized spacial score (nSPS) is 11.3. The Morgan fingerprint density at radius 3 is 2.33 bits per heavy atom. The Labute approximate surface area is 210 Å². The average molecular weight is 499 g/mol. The first kappa shape index (κ1) is 23.0. The smallest absolute Gasteiger partial charge is 0.337 e. The van der Waals surface area contributed by atoms with Crippen LogP contribution in [0.1, 0.15) is 26.3 Å². The van der Waals surface area contributed by atoms with Crippen LogP contribution in [0.4, 0.5) is 11.5 Å². The van der Waals surface area contributed by atoms with Crippen molar-refractivity contribution in [3.8, 4) is 0 Å². The molecule has 0 radical (unpaired) electrons. The van der Waals surface area contributed by atoms with Crippen molar-refractivity contribution in [3.63, 3.8) is 0 Å². The van der Waals surface area contributed by atoms with Crippen LogP contribution in [-0.4, -0.2) is 39.8 Å². The monoisotopic (exact) mass is 498 g/mol. The molecule has 0 fully saturated rings. The van der Waals surface area contributed by atoms with Crippen LogP contribution in [0.15, 0.2) is 77.9 Å². The van der Waals surface area contributed by atoms with Crippen LogP contribution in [0.25, 0.3) is 22.2 Å². The van der Waals surface area contributed by atoms with Crippen LogP contribution in [-0.2, 0) is 4.74 Å². The molecule has 1 amide bonds. The molecule has 3 aromatic carbocycles. The minimum absolute atomic E-state index is 0.0780. The molecule has 0 spiro atoms. The van der Waals surface area contributed by atoms with E-state index in [-0.39, 0.29) is 11.4 Å². The number of amides is 1. The third-order valence-electron chi connectivity index (χ3n) is 5.46. The highest BCUT2D eigenvalue weighted by molar-refractivity contribution is 6.30. The Hall–Kier alpha value is -4.76. The highest BCUT2D eigenvalue weighted by atomic mass is 35.5. The predicted octanol–water partition coefficient (Wildman–Crippen LogP) is 4.74. The molecular weight excluding hydrogens is 480 g/mol. The second-order valence-electron chi connectivity index (χ2n) is 7.78. The van der Waals surface area contributed by atoms with Crippen molar-refractivity contribution in [2.45, 2.75) is 0 Å². The second kappa shape index (κ2) is 9.47. The Bertz CT molecular complexity index is 1640. The first-order valence-electron chi connectivity index (χ1n) is 10.8. The van der Waals surface area contributed by atoms with E-state index in [1.165, 1.54) is 11.8 Å². The Kier molecular flexibility index (Phi) is 6.05. The number of carbonyl (C=O) groups is 2. The van der Waals surface area contributed by atoms with E-state index < -0.39 is 11.9 Å². The first-order valence-corrected chi connectivity index (χ1v) is 11.2. The number of rotatable bonds is 5. The van der Waals surface area contributed by atoms with Gasteiger partial charge in [0.05, 0.1) is 29.9 Å². The zero-order valence-corrected chi connectivity index (χ0v) is 19.7. The Morgan fingerprint density at radius 1 is 1.00 bits per heavy atom. The number of methoxy groups -OCH3 is 1. The van der Waals surface area contributed by atoms with E-state index in [1.807, 2.05) is 24.3 Å². The zero-order valence-electron chi connectivity index (χ0n) is 19.0. The number of para-hydroxylation sites is 2. The van der Waals surface area contributed by atoms with Gasteiger partial charge in [-0.1, -0.05) is 35.9 Å². The fourth-order valence-electron chi connectivity index (χ4n) is 3.66. The number of anilines is 2. The minimum Gasteiger partial charge on any atom is -0.465 e. The Morgan fingerprint density at radius 2 is 1.67 bits per heavy atom. The van der Waals surface area contributed by atoms with Gasteiger partial charge < -0.3 is 15.8 Å². The van der Waals surface area contributed by atoms with Gasteiger partial charge in [0.2, 0.25) is 0 Å². The number of fused-ring (bicyclic) bond motifs is 2. The number of halogens is 1. The zero-order chi connectivity index (χ0) is 25.2. The maximum atomic E-state index is 13.3. The summed E-state index contributed by atoms with van der Waals surface area (Å²) in [6, 6.07) is 20.7. The quantitative estimate of drug-likeness (QED) is 0.266. The molecule has 9 nitrogen and oxygen atoms in total. The van der Waals surface area contributed by atoms with Crippen molar-refractivity contribution >= 4 is 63.4 Å². The number of carbonyl (C=O) groups excluding carboxylic acids is 2. The largest absolute Gasteiger partial charge is 0.465 e. The molecule has 2 heterocycles. The van der Waals surface area contributed by atoms with Gasteiger partial charge in [0, 0.05) is 10.7 Å². The van der Waals surface area contributed by atoms with Gasteiger partial charge >= 0.3 is 5.97 Å². The molecule has 0 aliphatic heterocycles. The fraction of sp³-hybridized carbons (Fsp3) is 0.0385. The topological polar surface area (TPSA) is 124 Å². The predicted molar refractivity (Wildman–Crippen MR) is 140 cm³/mol. The molecule has 0 unspecified atom stereocenters. The van der Waals surface area contributed by atoms with Gasteiger partial charge in [0.25, 0.3) is 5.91 Å². The molecule has 178 valence electrons. The van der Waals surface area contributed by atoms with Crippen LogP contribution in [0.2, 0.25) is 5.02 Å². The summed E-state index contributed by atoms with van der Waals surface area (Å²) in [4.78, 5) is 34.3. The SMILES string of the molecule is COC(=O)c1ccc(C=Nn2c(N)c(C(=O)Nc3ccc(Cl)cc3)c3nc4ccccc4nc32)cc1. The van der Waals surface area contributed by atoms with E-state index in [0.29, 0.717) is 44.0 Å². The summed E-state index contributed by atoms with van der Waals surface area (Å²) in [5.41, 5.74) is 10.1. The summed E-state index contributed by atoms with van der Waals surface area (Å²) in [7, 11) is 1.32. The number of nitrogen functional groups attached to an aromatic ring is 1. The van der Waals surface area contributed by atoms with Gasteiger partial charge in [-0.15, -0.1) is 0 Å². The molecule has 0 atom stereocenters. The number of hydrogen-bond donors (Lipinski definition) is 2. The van der Waals surface area contributed by atoms with Gasteiger partial charge in [-0.25, -0.2) is 14.8 Å². The molecule has 5 rings (SSSR count). The standard InChI is InChI=1S/C26H19ClN6O3/c1-36-26(35)16-8-6-15(7-9-16)14-29-33-23(28)21(25(34)30-18-12-10-17(27)11-13-18)22-24(33)32-20-5-3-2-4-19(20)31-22/h2-14H,28H2,1H3,(H,30,34). The van der Waals surface area contributed by atoms with Crippen molar-refractivity contribution in [3.05, 3.63) is 94.5 Å². The molecule has 0 aliphatic carbocycles. The molecule has 2 aromatic heterocycles. The maximum absolute atomic E-state index is 13.3. The summed E-state index contributed by atoms with van der Waals surface area (Å²) in [5.74, 6) is -0.812. The number of hydrogen-bond acceptors (Lipinski definition) is 7. The van der Waals surface area contributed by atoms with Crippen molar-refractivity contribution < 1.29 is 14.3 Å². The van der Waals surface area contributed by atoms with E-state index >= 15 is 0 Å². The van der Waals surface area contributed by atoms with E-state index in [9.17, 15) is 9.59 Å². The van der Waals surface area contributed by atoms with E-state index in [1.54, 1.807) is 54.7 Å². The average Bonchev–Trinajstić information content (AvgIpc) is 3.17. The van der Waals surface area contributed by atoms with Crippen LogP contribution in [0.5, 0.6) is 0 Å². The number of nitrogens with one attached hydrogen (secondary N) is 1. The summed E-state index contributed by atoms with van der Waals surface area (Å²) >= 11 is 5.95. The first-order chi connectivity index (χ1) is 17.4. The molecule has 0 saturated carbocycles. The molecule has 36 heavy (non-hydrogen) atoms. The number of benzene rings is 3. The van der Waals surface area contributed by atoms with Gasteiger partial charge in [-0.3, -0.25) is 4.79 Å². The van der Waals surface area contributed by atoms with Gasteiger partial charge in [-0.2, -0.15) is 9.78 Å². The lowest BCUT2D eigenvalue weighted by atomic mass is 10.1. The van der Waals surface area contributed by atoms with Crippen molar-refractivity contribution in [1.82, 2.24) is 14.6 Å². The number of ether oxygens (including phenoxy) is 1. The lowest BCUT2D eigenvalue weighted by molar-refractivity contribution is 0.0600. The van der Waals surface area contributed by atoms with Crippen LogP contribution < -0.4 is 11.1 Å². The van der Waals surface area contributed by atoms with E-state index in [2.05, 4.69) is 20.4 Å². The van der Waals surface area contributed by atoms with Crippen LogP contribution >= 0.6 is 11.6 Å². The van der Waals surface area contributed by atoms with E-state index in [4.69, 9.17) is 22.1 Å². The van der Waals surface area contributed by atoms with E-state index in [0.717, 1.165) is 0 Å². The Balaban J connectivity index is 1.59. The summed E-state index contributed by atoms with van der Waals surface area (Å²) in [5, 5.41) is 7.85. The second-order valence-corrected chi connectivity index (χ2v) is 8.21. The van der Waals surface area contributed by atoms with Crippen LogP contribution in [0, 0.1) is 0 Å². The molecule has 0 aliphatic rings. The van der Waals surface area contributed by atoms with Crippen molar-refractivity contribution in [2.24, 2.45) is 5.10 Å².